The van der Waals surface area contributed by atoms with Crippen LogP contribution in [0.4, 0.5) is 5.82 Å². The fourth-order valence-corrected chi connectivity index (χ4v) is 3.66. The lowest BCUT2D eigenvalue weighted by atomic mass is 10.0. The van der Waals surface area contributed by atoms with Crippen LogP contribution in [-0.2, 0) is 18.3 Å². The summed E-state index contributed by atoms with van der Waals surface area (Å²) in [7, 11) is 1.85. The molecule has 8 heteroatoms. The van der Waals surface area contributed by atoms with Crippen molar-refractivity contribution < 1.29 is 4.79 Å². The Balaban J connectivity index is 1.48. The van der Waals surface area contributed by atoms with Gasteiger partial charge in [0.1, 0.15) is 11.9 Å². The normalized spacial score (nSPS) is 11.3. The summed E-state index contributed by atoms with van der Waals surface area (Å²) in [6.45, 7) is 0.522. The van der Waals surface area contributed by atoms with Crippen LogP contribution in [0, 0.1) is 22.7 Å². The van der Waals surface area contributed by atoms with E-state index in [-0.39, 0.29) is 5.91 Å². The van der Waals surface area contributed by atoms with E-state index in [1.807, 2.05) is 37.5 Å². The van der Waals surface area contributed by atoms with Crippen molar-refractivity contribution in [1.29, 1.82) is 10.5 Å². The molecule has 4 aromatic rings. The molecule has 0 spiro atoms. The lowest BCUT2D eigenvalue weighted by Gasteiger charge is -2.19. The van der Waals surface area contributed by atoms with Gasteiger partial charge in [0.25, 0.3) is 0 Å². The van der Waals surface area contributed by atoms with Gasteiger partial charge < -0.3 is 10.6 Å². The lowest BCUT2D eigenvalue weighted by molar-refractivity contribution is -0.118. The molecule has 0 aliphatic carbocycles. The maximum absolute atomic E-state index is 13.3. The topological polar surface area (TPSA) is 119 Å². The van der Waals surface area contributed by atoms with E-state index in [1.165, 1.54) is 0 Å². The number of hydrogen-bond donors (Lipinski definition) is 2. The molecule has 0 fully saturated rings. The van der Waals surface area contributed by atoms with Crippen LogP contribution in [-0.4, -0.2) is 27.2 Å². The quantitative estimate of drug-likeness (QED) is 0.413. The van der Waals surface area contributed by atoms with Crippen LogP contribution >= 0.6 is 0 Å². The van der Waals surface area contributed by atoms with Gasteiger partial charge in [0.2, 0.25) is 5.91 Å². The number of carbonyl (C=O) groups is 1. The molecule has 0 saturated heterocycles. The number of rotatable bonds is 8. The molecule has 8 nitrogen and oxygen atoms in total. The molecule has 0 radical (unpaired) electrons. The Morgan fingerprint density at radius 1 is 1.00 bits per heavy atom. The summed E-state index contributed by atoms with van der Waals surface area (Å²) in [6, 6.07) is 21.5. The summed E-state index contributed by atoms with van der Waals surface area (Å²) >= 11 is 0. The first kappa shape index (κ1) is 23.4. The van der Waals surface area contributed by atoms with Crippen LogP contribution in [0.1, 0.15) is 28.3 Å². The van der Waals surface area contributed by atoms with E-state index in [0.717, 1.165) is 16.7 Å². The Hall–Kier alpha value is -4.79. The van der Waals surface area contributed by atoms with Gasteiger partial charge in [0.05, 0.1) is 29.5 Å². The predicted octanol–water partition coefficient (Wildman–Crippen LogP) is 3.74. The number of nitrogens with one attached hydrogen (secondary N) is 2. The molecule has 0 unspecified atom stereocenters. The molecular formula is C27H23N7O. The molecule has 0 aliphatic rings. The van der Waals surface area contributed by atoms with E-state index in [0.29, 0.717) is 35.5 Å². The van der Waals surface area contributed by atoms with Crippen molar-refractivity contribution in [3.8, 4) is 23.3 Å². The summed E-state index contributed by atoms with van der Waals surface area (Å²) in [5, 5.41) is 28.6. The van der Waals surface area contributed by atoms with Crippen molar-refractivity contribution in [2.24, 2.45) is 7.05 Å². The standard InChI is InChI=1S/C27H23N7O/c1-34-18-24(17-32-34)23-9-10-25(31-16-23)33-27(35)26(22-4-2-3-21(13-22)15-29)30-12-11-19-5-7-20(14-28)8-6-19/h2-10,13,16-18,26,30H,11-12H2,1H3,(H,31,33,35)/t26-/m1/s1. The van der Waals surface area contributed by atoms with E-state index in [4.69, 9.17) is 5.26 Å². The van der Waals surface area contributed by atoms with Gasteiger partial charge in [-0.3, -0.25) is 9.48 Å². The number of pyridine rings is 1. The Kier molecular flexibility index (Phi) is 7.27. The zero-order chi connectivity index (χ0) is 24.6. The van der Waals surface area contributed by atoms with E-state index >= 15 is 0 Å². The molecule has 4 rings (SSSR count). The van der Waals surface area contributed by atoms with Crippen molar-refractivity contribution in [2.75, 3.05) is 11.9 Å². The van der Waals surface area contributed by atoms with Crippen molar-refractivity contribution in [1.82, 2.24) is 20.1 Å². The highest BCUT2D eigenvalue weighted by atomic mass is 16.2. The van der Waals surface area contributed by atoms with Gasteiger partial charge in [-0.1, -0.05) is 24.3 Å². The molecule has 1 atom stereocenters. The van der Waals surface area contributed by atoms with E-state index in [9.17, 15) is 10.1 Å². The maximum atomic E-state index is 13.3. The minimum Gasteiger partial charge on any atom is -0.309 e. The number of hydrogen-bond acceptors (Lipinski definition) is 6. The SMILES string of the molecule is Cn1cc(-c2ccc(NC(=O)[C@H](NCCc3ccc(C#N)cc3)c3cccc(C#N)c3)nc2)cn1. The Morgan fingerprint density at radius 2 is 1.80 bits per heavy atom. The predicted molar refractivity (Wildman–Crippen MR) is 132 cm³/mol. The third-order valence-corrected chi connectivity index (χ3v) is 5.51. The largest absolute Gasteiger partial charge is 0.309 e. The monoisotopic (exact) mass is 461 g/mol. The second kappa shape index (κ2) is 10.9. The van der Waals surface area contributed by atoms with Crippen LogP contribution in [0.5, 0.6) is 0 Å². The highest BCUT2D eigenvalue weighted by molar-refractivity contribution is 5.95. The molecule has 1 amide bonds. The van der Waals surface area contributed by atoms with Crippen LogP contribution in [0.25, 0.3) is 11.1 Å². The summed E-state index contributed by atoms with van der Waals surface area (Å²) in [6.07, 6.45) is 6.01. The fraction of sp³-hybridized carbons (Fsp3) is 0.148. The first-order valence-electron chi connectivity index (χ1n) is 11.0. The number of anilines is 1. The van der Waals surface area contributed by atoms with Crippen LogP contribution in [0.2, 0.25) is 0 Å². The molecule has 2 aromatic heterocycles. The molecule has 0 bridgehead atoms. The van der Waals surface area contributed by atoms with E-state index in [1.54, 1.807) is 53.5 Å². The van der Waals surface area contributed by atoms with Crippen molar-refractivity contribution >= 4 is 11.7 Å². The van der Waals surface area contributed by atoms with Gasteiger partial charge in [-0.15, -0.1) is 0 Å². The van der Waals surface area contributed by atoms with Crippen LogP contribution in [0.15, 0.2) is 79.3 Å². The second-order valence-electron chi connectivity index (χ2n) is 8.01. The van der Waals surface area contributed by atoms with Gasteiger partial charge in [-0.25, -0.2) is 4.98 Å². The third kappa shape index (κ3) is 5.97. The zero-order valence-corrected chi connectivity index (χ0v) is 19.1. The third-order valence-electron chi connectivity index (χ3n) is 5.51. The number of carbonyl (C=O) groups excluding carboxylic acids is 1. The summed E-state index contributed by atoms with van der Waals surface area (Å²) in [5.41, 5.74) is 4.66. The first-order chi connectivity index (χ1) is 17.1. The second-order valence-corrected chi connectivity index (χ2v) is 8.01. The highest BCUT2D eigenvalue weighted by Gasteiger charge is 2.21. The van der Waals surface area contributed by atoms with Crippen LogP contribution < -0.4 is 10.6 Å². The molecular weight excluding hydrogens is 438 g/mol. The Bertz CT molecular complexity index is 1390. The average molecular weight is 462 g/mol. The fourth-order valence-electron chi connectivity index (χ4n) is 3.66. The van der Waals surface area contributed by atoms with Gasteiger partial charge in [0.15, 0.2) is 0 Å². The number of nitriles is 2. The van der Waals surface area contributed by atoms with Gasteiger partial charge in [0, 0.05) is 37.1 Å². The summed E-state index contributed by atoms with van der Waals surface area (Å²) in [5.74, 6) is 0.152. The lowest BCUT2D eigenvalue weighted by Crippen LogP contribution is -2.34. The van der Waals surface area contributed by atoms with E-state index in [2.05, 4.69) is 32.9 Å². The zero-order valence-electron chi connectivity index (χ0n) is 19.1. The Morgan fingerprint density at radius 3 is 2.46 bits per heavy atom. The van der Waals surface area contributed by atoms with Crippen molar-refractivity contribution in [3.05, 3.63) is 102 Å². The van der Waals surface area contributed by atoms with Gasteiger partial charge in [-0.2, -0.15) is 15.6 Å². The minimum absolute atomic E-state index is 0.276. The molecule has 0 saturated carbocycles. The molecule has 2 heterocycles. The Labute approximate surface area is 203 Å². The summed E-state index contributed by atoms with van der Waals surface area (Å²) < 4.78 is 1.72. The first-order valence-corrected chi connectivity index (χ1v) is 11.0. The smallest absolute Gasteiger partial charge is 0.247 e. The molecule has 172 valence electrons. The van der Waals surface area contributed by atoms with Crippen LogP contribution in [0.3, 0.4) is 0 Å². The number of aromatic nitrogens is 3. The number of amides is 1. The minimum atomic E-state index is -0.679. The maximum Gasteiger partial charge on any atom is 0.247 e. The van der Waals surface area contributed by atoms with Crippen molar-refractivity contribution in [2.45, 2.75) is 12.5 Å². The van der Waals surface area contributed by atoms with Crippen molar-refractivity contribution in [3.63, 3.8) is 0 Å². The number of benzene rings is 2. The van der Waals surface area contributed by atoms with E-state index < -0.39 is 6.04 Å². The number of aryl methyl sites for hydroxylation is 1. The molecule has 2 aromatic carbocycles. The summed E-state index contributed by atoms with van der Waals surface area (Å²) in [4.78, 5) is 17.6. The van der Waals surface area contributed by atoms with Gasteiger partial charge in [-0.05, 0) is 53.9 Å². The van der Waals surface area contributed by atoms with Gasteiger partial charge >= 0.3 is 0 Å². The molecule has 0 aliphatic heterocycles. The number of nitrogens with zero attached hydrogens (tertiary/aromatic N) is 5. The molecule has 2 N–H and O–H groups in total. The molecule has 35 heavy (non-hydrogen) atoms. The average Bonchev–Trinajstić information content (AvgIpc) is 3.33. The highest BCUT2D eigenvalue weighted by Crippen LogP contribution is 2.21.